The van der Waals surface area contributed by atoms with Crippen LogP contribution in [0.3, 0.4) is 0 Å². The van der Waals surface area contributed by atoms with Crippen LogP contribution >= 0.6 is 11.3 Å². The van der Waals surface area contributed by atoms with Crippen LogP contribution in [0.2, 0.25) is 0 Å². The summed E-state index contributed by atoms with van der Waals surface area (Å²) in [5.74, 6) is 0. The summed E-state index contributed by atoms with van der Waals surface area (Å²) in [7, 11) is -3.90. The number of hydrogen-bond donors (Lipinski definition) is 1. The normalized spacial score (nSPS) is 11.3. The summed E-state index contributed by atoms with van der Waals surface area (Å²) in [6, 6.07) is 3.95. The lowest BCUT2D eigenvalue weighted by atomic mass is 10.2. The van der Waals surface area contributed by atoms with Gasteiger partial charge in [-0.05, 0) is 19.4 Å². The number of hydrogen-bond acceptors (Lipinski definition) is 6. The van der Waals surface area contributed by atoms with Crippen molar-refractivity contribution in [2.75, 3.05) is 4.72 Å². The average molecular weight is 327 g/mol. The zero-order valence-electron chi connectivity index (χ0n) is 11.4. The summed E-state index contributed by atoms with van der Waals surface area (Å²) in [4.78, 5) is 14.3. The molecule has 7 nitrogen and oxygen atoms in total. The third-order valence-corrected chi connectivity index (χ3v) is 5.30. The maximum absolute atomic E-state index is 12.3. The average Bonchev–Trinajstić information content (AvgIpc) is 2.85. The lowest BCUT2D eigenvalue weighted by Gasteiger charge is -2.08. The van der Waals surface area contributed by atoms with Gasteiger partial charge in [-0.25, -0.2) is 13.4 Å². The van der Waals surface area contributed by atoms with Crippen LogP contribution in [0.4, 0.5) is 10.8 Å². The fourth-order valence-corrected chi connectivity index (χ4v) is 4.09. The van der Waals surface area contributed by atoms with Gasteiger partial charge in [0, 0.05) is 17.0 Å². The molecular weight excluding hydrogens is 314 g/mol. The van der Waals surface area contributed by atoms with Gasteiger partial charge < -0.3 is 0 Å². The second kappa shape index (κ2) is 5.78. The van der Waals surface area contributed by atoms with Crippen molar-refractivity contribution in [3.05, 3.63) is 45.0 Å². The van der Waals surface area contributed by atoms with E-state index in [1.807, 2.05) is 6.92 Å². The molecule has 0 atom stereocenters. The number of nitro benzene ring substituents is 1. The molecule has 0 unspecified atom stereocenters. The Morgan fingerprint density at radius 2 is 2.14 bits per heavy atom. The molecule has 0 amide bonds. The summed E-state index contributed by atoms with van der Waals surface area (Å²) in [5.41, 5.74) is 0.655. The van der Waals surface area contributed by atoms with E-state index in [1.54, 1.807) is 5.38 Å². The highest BCUT2D eigenvalue weighted by Gasteiger charge is 2.23. The number of aryl methyl sites for hydroxylation is 1. The molecule has 0 bridgehead atoms. The SMILES string of the molecule is CCc1csc(NS(=O)(=O)c2cccc([N+](=O)[O-])c2C)n1. The Morgan fingerprint density at radius 1 is 1.43 bits per heavy atom. The molecule has 0 saturated carbocycles. The molecular formula is C12H13N3O4S2. The minimum absolute atomic E-state index is 0.0993. The molecule has 0 fully saturated rings. The van der Waals surface area contributed by atoms with Gasteiger partial charge in [0.05, 0.1) is 15.5 Å². The van der Waals surface area contributed by atoms with Crippen LogP contribution < -0.4 is 4.72 Å². The van der Waals surface area contributed by atoms with Gasteiger partial charge in [-0.1, -0.05) is 13.0 Å². The van der Waals surface area contributed by atoms with Crippen molar-refractivity contribution in [1.82, 2.24) is 4.98 Å². The quantitative estimate of drug-likeness (QED) is 0.672. The number of aromatic nitrogens is 1. The number of rotatable bonds is 5. The van der Waals surface area contributed by atoms with Crippen LogP contribution in [0.25, 0.3) is 0 Å². The Kier molecular flexibility index (Phi) is 4.24. The molecule has 1 N–H and O–H groups in total. The summed E-state index contributed by atoms with van der Waals surface area (Å²) >= 11 is 1.18. The maximum Gasteiger partial charge on any atom is 0.273 e. The Morgan fingerprint density at radius 3 is 2.71 bits per heavy atom. The highest BCUT2D eigenvalue weighted by Crippen LogP contribution is 2.27. The van der Waals surface area contributed by atoms with Crippen molar-refractivity contribution >= 4 is 32.2 Å². The third-order valence-electron chi connectivity index (χ3n) is 2.88. The molecule has 1 heterocycles. The van der Waals surface area contributed by atoms with Crippen molar-refractivity contribution < 1.29 is 13.3 Å². The molecule has 2 rings (SSSR count). The molecule has 0 aliphatic rings. The highest BCUT2D eigenvalue weighted by atomic mass is 32.2. The van der Waals surface area contributed by atoms with E-state index in [4.69, 9.17) is 0 Å². The molecule has 9 heteroatoms. The predicted molar refractivity (Wildman–Crippen MR) is 80.1 cm³/mol. The van der Waals surface area contributed by atoms with Crippen LogP contribution in [0, 0.1) is 17.0 Å². The number of nitro groups is 1. The Balaban J connectivity index is 2.40. The molecule has 112 valence electrons. The molecule has 1 aromatic carbocycles. The molecule has 1 aromatic heterocycles. The Bertz CT molecular complexity index is 784. The third kappa shape index (κ3) is 3.19. The van der Waals surface area contributed by atoms with Gasteiger partial charge in [0.15, 0.2) is 5.13 Å². The van der Waals surface area contributed by atoms with E-state index in [0.29, 0.717) is 6.42 Å². The molecule has 2 aromatic rings. The smallest absolute Gasteiger partial charge is 0.258 e. The predicted octanol–water partition coefficient (Wildman–Crippen LogP) is 2.72. The van der Waals surface area contributed by atoms with E-state index in [1.165, 1.54) is 36.5 Å². The fraction of sp³-hybridized carbons (Fsp3) is 0.250. The Labute approximate surface area is 125 Å². The van der Waals surface area contributed by atoms with Crippen LogP contribution in [-0.4, -0.2) is 18.3 Å². The lowest BCUT2D eigenvalue weighted by Crippen LogP contribution is -2.14. The van der Waals surface area contributed by atoms with E-state index >= 15 is 0 Å². The van der Waals surface area contributed by atoms with Crippen molar-refractivity contribution in [1.29, 1.82) is 0 Å². The van der Waals surface area contributed by atoms with Crippen LogP contribution in [-0.2, 0) is 16.4 Å². The van der Waals surface area contributed by atoms with Crippen molar-refractivity contribution in [3.8, 4) is 0 Å². The molecule has 0 saturated heterocycles. The van der Waals surface area contributed by atoms with Gasteiger partial charge in [-0.2, -0.15) is 0 Å². The molecule has 21 heavy (non-hydrogen) atoms. The summed E-state index contributed by atoms with van der Waals surface area (Å²) in [6.07, 6.45) is 0.702. The largest absolute Gasteiger partial charge is 0.273 e. The summed E-state index contributed by atoms with van der Waals surface area (Å²) in [6.45, 7) is 3.32. The van der Waals surface area contributed by atoms with E-state index in [2.05, 4.69) is 9.71 Å². The van der Waals surface area contributed by atoms with Gasteiger partial charge in [0.1, 0.15) is 0 Å². The number of benzene rings is 1. The number of thiazole rings is 1. The number of anilines is 1. The van der Waals surface area contributed by atoms with Crippen LogP contribution in [0.15, 0.2) is 28.5 Å². The zero-order valence-corrected chi connectivity index (χ0v) is 13.0. The first-order chi connectivity index (χ1) is 9.85. The van der Waals surface area contributed by atoms with E-state index in [-0.39, 0.29) is 21.3 Å². The second-order valence-corrected chi connectivity index (χ2v) is 6.77. The first kappa shape index (κ1) is 15.4. The van der Waals surface area contributed by atoms with Gasteiger partial charge in [0.2, 0.25) is 0 Å². The fourth-order valence-electron chi connectivity index (χ4n) is 1.78. The van der Waals surface area contributed by atoms with Gasteiger partial charge >= 0.3 is 0 Å². The zero-order chi connectivity index (χ0) is 15.6. The van der Waals surface area contributed by atoms with Gasteiger partial charge in [0.25, 0.3) is 15.7 Å². The minimum Gasteiger partial charge on any atom is -0.258 e. The van der Waals surface area contributed by atoms with Crippen molar-refractivity contribution in [2.24, 2.45) is 0 Å². The van der Waals surface area contributed by atoms with Crippen molar-refractivity contribution in [2.45, 2.75) is 25.2 Å². The lowest BCUT2D eigenvalue weighted by molar-refractivity contribution is -0.385. The van der Waals surface area contributed by atoms with Gasteiger partial charge in [-0.3, -0.25) is 14.8 Å². The number of sulfonamides is 1. The first-order valence-electron chi connectivity index (χ1n) is 6.06. The molecule has 0 radical (unpaired) electrons. The highest BCUT2D eigenvalue weighted by molar-refractivity contribution is 7.93. The first-order valence-corrected chi connectivity index (χ1v) is 8.42. The van der Waals surface area contributed by atoms with E-state index < -0.39 is 14.9 Å². The van der Waals surface area contributed by atoms with Crippen LogP contribution in [0.5, 0.6) is 0 Å². The molecule has 0 aliphatic carbocycles. The van der Waals surface area contributed by atoms with Gasteiger partial charge in [-0.15, -0.1) is 11.3 Å². The molecule has 0 aliphatic heterocycles. The second-order valence-electron chi connectivity index (χ2n) is 4.26. The Hall–Kier alpha value is -2.00. The van der Waals surface area contributed by atoms with Crippen molar-refractivity contribution in [3.63, 3.8) is 0 Å². The molecule has 0 spiro atoms. The van der Waals surface area contributed by atoms with E-state index in [0.717, 1.165) is 5.69 Å². The van der Waals surface area contributed by atoms with E-state index in [9.17, 15) is 18.5 Å². The van der Waals surface area contributed by atoms with Crippen LogP contribution in [0.1, 0.15) is 18.2 Å². The summed E-state index contributed by atoms with van der Waals surface area (Å²) in [5, 5.41) is 12.9. The topological polar surface area (TPSA) is 102 Å². The number of nitrogens with zero attached hydrogens (tertiary/aromatic N) is 2. The minimum atomic E-state index is -3.90. The summed E-state index contributed by atoms with van der Waals surface area (Å²) < 4.78 is 27.0. The maximum atomic E-state index is 12.3. The standard InChI is InChI=1S/C12H13N3O4S2/c1-3-9-7-20-12(13-9)14-21(18,19)11-6-4-5-10(8(11)2)15(16)17/h4-7H,3H2,1-2H3,(H,13,14). The number of nitrogens with one attached hydrogen (secondary N) is 1. The monoisotopic (exact) mass is 327 g/mol.